The fraction of sp³-hybridized carbons (Fsp3) is 0.600. The van der Waals surface area contributed by atoms with Crippen molar-refractivity contribution >= 4 is 15.5 Å². The molecule has 0 saturated carbocycles. The molecule has 5 nitrogen and oxygen atoms in total. The van der Waals surface area contributed by atoms with E-state index < -0.39 is 9.84 Å². The van der Waals surface area contributed by atoms with Crippen molar-refractivity contribution in [1.82, 2.24) is 4.90 Å². The lowest BCUT2D eigenvalue weighted by molar-refractivity contribution is 0.163. The third kappa shape index (κ3) is 6.03. The molecule has 0 aromatic heterocycles. The molecule has 0 saturated heterocycles. The summed E-state index contributed by atoms with van der Waals surface area (Å²) in [6, 6.07) is 7.10. The van der Waals surface area contributed by atoms with Gasteiger partial charge in [-0.3, -0.25) is 0 Å². The molecule has 0 bridgehead atoms. The van der Waals surface area contributed by atoms with Crippen LogP contribution in [0.1, 0.15) is 13.3 Å². The van der Waals surface area contributed by atoms with Gasteiger partial charge in [0.1, 0.15) is 0 Å². The van der Waals surface area contributed by atoms with Gasteiger partial charge in [0, 0.05) is 26.7 Å². The van der Waals surface area contributed by atoms with E-state index in [0.717, 1.165) is 13.1 Å². The molecule has 6 heteroatoms. The first-order valence-corrected chi connectivity index (χ1v) is 8.89. The van der Waals surface area contributed by atoms with Crippen LogP contribution in [0, 0.1) is 0 Å². The largest absolute Gasteiger partial charge is 0.383 e. The predicted molar refractivity (Wildman–Crippen MR) is 86.6 cm³/mol. The molecule has 1 N–H and O–H groups in total. The average molecular weight is 314 g/mol. The maximum atomic E-state index is 12.2. The van der Waals surface area contributed by atoms with E-state index in [1.807, 2.05) is 26.1 Å². The van der Waals surface area contributed by atoms with Crippen LogP contribution in [0.4, 0.5) is 5.69 Å². The number of hydrogen-bond acceptors (Lipinski definition) is 5. The number of methoxy groups -OCH3 is 1. The lowest BCUT2D eigenvalue weighted by Crippen LogP contribution is -2.28. The first-order valence-electron chi connectivity index (χ1n) is 7.24. The molecule has 0 atom stereocenters. The molecule has 0 aliphatic heterocycles. The zero-order valence-electron chi connectivity index (χ0n) is 13.1. The Morgan fingerprint density at radius 1 is 1.24 bits per heavy atom. The molecule has 0 heterocycles. The minimum Gasteiger partial charge on any atom is -0.383 e. The zero-order valence-corrected chi connectivity index (χ0v) is 13.9. The highest BCUT2D eigenvalue weighted by atomic mass is 32.2. The second-order valence-electron chi connectivity index (χ2n) is 5.04. The smallest absolute Gasteiger partial charge is 0.180 e. The first-order chi connectivity index (χ1) is 10.0. The van der Waals surface area contributed by atoms with E-state index in [1.165, 1.54) is 0 Å². The van der Waals surface area contributed by atoms with Crippen LogP contribution in [-0.4, -0.2) is 59.5 Å². The maximum Gasteiger partial charge on any atom is 0.180 e. The Morgan fingerprint density at radius 3 is 2.62 bits per heavy atom. The lowest BCUT2D eigenvalue weighted by Gasteiger charge is -2.18. The first kappa shape index (κ1) is 17.9. The van der Waals surface area contributed by atoms with Crippen molar-refractivity contribution in [3.8, 4) is 0 Å². The van der Waals surface area contributed by atoms with Crippen LogP contribution >= 0.6 is 0 Å². The van der Waals surface area contributed by atoms with E-state index in [1.54, 1.807) is 19.2 Å². The Hall–Kier alpha value is -1.11. The Balaban J connectivity index is 2.64. The third-order valence-electron chi connectivity index (χ3n) is 3.18. The van der Waals surface area contributed by atoms with Gasteiger partial charge in [0.2, 0.25) is 0 Å². The highest BCUT2D eigenvalue weighted by Gasteiger charge is 2.16. The maximum absolute atomic E-state index is 12.2. The molecule has 0 unspecified atom stereocenters. The van der Waals surface area contributed by atoms with Gasteiger partial charge < -0.3 is 15.0 Å². The molecule has 0 aliphatic carbocycles. The molecule has 0 amide bonds. The summed E-state index contributed by atoms with van der Waals surface area (Å²) in [6.45, 7) is 4.94. The Bertz CT molecular complexity index is 517. The number of likely N-dealkylation sites (N-methyl/N-ethyl adjacent to an activating group) is 1. The van der Waals surface area contributed by atoms with Gasteiger partial charge in [0.05, 0.1) is 22.9 Å². The van der Waals surface area contributed by atoms with E-state index in [9.17, 15) is 8.42 Å². The van der Waals surface area contributed by atoms with Crippen molar-refractivity contribution in [1.29, 1.82) is 0 Å². The summed E-state index contributed by atoms with van der Waals surface area (Å²) < 4.78 is 29.5. The Kier molecular flexibility index (Phi) is 7.71. The van der Waals surface area contributed by atoms with E-state index in [4.69, 9.17) is 4.74 Å². The number of para-hydroxylation sites is 1. The summed E-state index contributed by atoms with van der Waals surface area (Å²) in [5, 5.41) is 3.22. The van der Waals surface area contributed by atoms with Gasteiger partial charge in [-0.15, -0.1) is 0 Å². The second kappa shape index (κ2) is 9.02. The topological polar surface area (TPSA) is 58.6 Å². The zero-order chi connectivity index (χ0) is 15.7. The standard InChI is InChI=1S/C15H26N2O3S/c1-4-13-21(18,19)15-8-6-5-7-14(15)16-9-10-17(2)11-12-20-3/h5-8,16H,4,9-13H2,1-3H3. The van der Waals surface area contributed by atoms with Gasteiger partial charge in [0.15, 0.2) is 9.84 Å². The highest BCUT2D eigenvalue weighted by molar-refractivity contribution is 7.91. The van der Waals surface area contributed by atoms with Crippen LogP contribution in [0.15, 0.2) is 29.2 Å². The average Bonchev–Trinajstić information content (AvgIpc) is 2.45. The monoisotopic (exact) mass is 314 g/mol. The van der Waals surface area contributed by atoms with Gasteiger partial charge in [-0.05, 0) is 25.6 Å². The minimum absolute atomic E-state index is 0.180. The summed E-state index contributed by atoms with van der Waals surface area (Å²) in [5.74, 6) is 0.180. The van der Waals surface area contributed by atoms with Gasteiger partial charge in [-0.2, -0.15) is 0 Å². The molecule has 21 heavy (non-hydrogen) atoms. The Morgan fingerprint density at radius 2 is 1.95 bits per heavy atom. The molecule has 0 aliphatic rings. The molecule has 1 rings (SSSR count). The Labute approximate surface area is 128 Å². The van der Waals surface area contributed by atoms with E-state index in [0.29, 0.717) is 30.2 Å². The van der Waals surface area contributed by atoms with Crippen molar-refractivity contribution in [2.75, 3.05) is 51.5 Å². The fourth-order valence-corrected chi connectivity index (χ4v) is 3.52. The van der Waals surface area contributed by atoms with Crippen LogP contribution in [0.5, 0.6) is 0 Å². The van der Waals surface area contributed by atoms with E-state index in [2.05, 4.69) is 10.2 Å². The van der Waals surface area contributed by atoms with Crippen LogP contribution in [0.3, 0.4) is 0 Å². The van der Waals surface area contributed by atoms with Gasteiger partial charge >= 0.3 is 0 Å². The number of anilines is 1. The molecule has 0 fully saturated rings. The number of ether oxygens (including phenoxy) is 1. The minimum atomic E-state index is -3.20. The second-order valence-corrected chi connectivity index (χ2v) is 7.12. The van der Waals surface area contributed by atoms with Crippen molar-refractivity contribution in [3.05, 3.63) is 24.3 Å². The van der Waals surface area contributed by atoms with Gasteiger partial charge in [0.25, 0.3) is 0 Å². The molecule has 1 aromatic rings. The number of benzene rings is 1. The van der Waals surface area contributed by atoms with E-state index >= 15 is 0 Å². The molecular weight excluding hydrogens is 288 g/mol. The van der Waals surface area contributed by atoms with Crippen molar-refractivity contribution < 1.29 is 13.2 Å². The van der Waals surface area contributed by atoms with Crippen LogP contribution < -0.4 is 5.32 Å². The van der Waals surface area contributed by atoms with Crippen molar-refractivity contribution in [2.45, 2.75) is 18.2 Å². The molecule has 120 valence electrons. The number of nitrogens with one attached hydrogen (secondary N) is 1. The summed E-state index contributed by atoms with van der Waals surface area (Å²) >= 11 is 0. The van der Waals surface area contributed by atoms with Gasteiger partial charge in [-0.1, -0.05) is 19.1 Å². The number of hydrogen-bond donors (Lipinski definition) is 1. The third-order valence-corrected chi connectivity index (χ3v) is 5.15. The van der Waals surface area contributed by atoms with Crippen LogP contribution in [0.25, 0.3) is 0 Å². The predicted octanol–water partition coefficient (Wildman–Crippen LogP) is 1.86. The number of sulfone groups is 1. The van der Waals surface area contributed by atoms with Crippen molar-refractivity contribution in [2.24, 2.45) is 0 Å². The lowest BCUT2D eigenvalue weighted by atomic mass is 10.3. The normalized spacial score (nSPS) is 11.8. The fourth-order valence-electron chi connectivity index (χ4n) is 2.00. The molecule has 1 aromatic carbocycles. The number of rotatable bonds is 10. The SMILES string of the molecule is CCCS(=O)(=O)c1ccccc1NCCN(C)CCOC. The number of nitrogens with zero attached hydrogens (tertiary/aromatic N) is 1. The van der Waals surface area contributed by atoms with E-state index in [-0.39, 0.29) is 5.75 Å². The molecular formula is C15H26N2O3S. The molecule has 0 spiro atoms. The van der Waals surface area contributed by atoms with Crippen LogP contribution in [-0.2, 0) is 14.6 Å². The van der Waals surface area contributed by atoms with Crippen LogP contribution in [0.2, 0.25) is 0 Å². The summed E-state index contributed by atoms with van der Waals surface area (Å²) in [4.78, 5) is 2.53. The summed E-state index contributed by atoms with van der Waals surface area (Å²) in [5.41, 5.74) is 0.686. The van der Waals surface area contributed by atoms with Crippen molar-refractivity contribution in [3.63, 3.8) is 0 Å². The molecule has 0 radical (unpaired) electrons. The van der Waals surface area contributed by atoms with Gasteiger partial charge in [-0.25, -0.2) is 8.42 Å². The summed E-state index contributed by atoms with van der Waals surface area (Å²) in [6.07, 6.45) is 0.621. The highest BCUT2D eigenvalue weighted by Crippen LogP contribution is 2.22. The summed E-state index contributed by atoms with van der Waals surface area (Å²) in [7, 11) is 0.494. The quantitative estimate of drug-likeness (QED) is 0.714.